The van der Waals surface area contributed by atoms with Crippen LogP contribution in [-0.2, 0) is 0 Å². The standard InChI is InChI=1S/C24H21Cl2F2N3O3/c1-24(2,28)12-34-19-10-14(15-9-13(21(29)32)7-8-16(15)25)11-30-22(19)31(3)23(33)20-17(26)5-4-6-18(20)27/h4-11H,12H2,1-3H3,(H2,29,32). The summed E-state index contributed by atoms with van der Waals surface area (Å²) in [5.41, 5.74) is 4.39. The van der Waals surface area contributed by atoms with Gasteiger partial charge in [-0.2, -0.15) is 0 Å². The summed E-state index contributed by atoms with van der Waals surface area (Å²) < 4.78 is 34.2. The van der Waals surface area contributed by atoms with E-state index in [0.717, 1.165) is 11.0 Å². The van der Waals surface area contributed by atoms with Crippen LogP contribution in [0.4, 0.5) is 14.6 Å². The van der Waals surface area contributed by atoms with Crippen molar-refractivity contribution in [3.05, 3.63) is 75.7 Å². The van der Waals surface area contributed by atoms with Gasteiger partial charge in [-0.15, -0.1) is 0 Å². The van der Waals surface area contributed by atoms with Crippen molar-refractivity contribution in [3.63, 3.8) is 0 Å². The molecule has 0 radical (unpaired) electrons. The lowest BCUT2D eigenvalue weighted by atomic mass is 10.0. The predicted molar refractivity (Wildman–Crippen MR) is 128 cm³/mol. The third-order valence-corrected chi connectivity index (χ3v) is 5.41. The zero-order valence-corrected chi connectivity index (χ0v) is 20.0. The Balaban J connectivity index is 2.10. The second kappa shape index (κ2) is 9.95. The third kappa shape index (κ3) is 5.63. The second-order valence-corrected chi connectivity index (χ2v) is 8.89. The van der Waals surface area contributed by atoms with Crippen molar-refractivity contribution in [2.24, 2.45) is 5.73 Å². The fraction of sp³-hybridized carbons (Fsp3) is 0.208. The first kappa shape index (κ1) is 25.4. The van der Waals surface area contributed by atoms with Crippen LogP contribution >= 0.6 is 23.2 Å². The van der Waals surface area contributed by atoms with Gasteiger partial charge in [0.1, 0.15) is 18.1 Å². The molecule has 0 unspecified atom stereocenters. The van der Waals surface area contributed by atoms with E-state index in [2.05, 4.69) is 4.98 Å². The highest BCUT2D eigenvalue weighted by atomic mass is 35.5. The smallest absolute Gasteiger partial charge is 0.263 e. The molecular formula is C24H21Cl2F2N3O3. The van der Waals surface area contributed by atoms with E-state index < -0.39 is 23.3 Å². The molecule has 0 aliphatic carbocycles. The molecule has 1 heterocycles. The van der Waals surface area contributed by atoms with Gasteiger partial charge in [0.25, 0.3) is 5.91 Å². The summed E-state index contributed by atoms with van der Waals surface area (Å²) in [5.74, 6) is -2.19. The molecule has 0 saturated carbocycles. The number of carbonyl (C=O) groups excluding carboxylic acids is 2. The Hall–Kier alpha value is -3.23. The Morgan fingerprint density at radius 3 is 2.47 bits per heavy atom. The summed E-state index contributed by atoms with van der Waals surface area (Å²) in [6, 6.07) is 9.84. The van der Waals surface area contributed by atoms with E-state index in [-0.39, 0.29) is 34.3 Å². The highest BCUT2D eigenvalue weighted by molar-refractivity contribution is 6.34. The Morgan fingerprint density at radius 1 is 1.15 bits per heavy atom. The van der Waals surface area contributed by atoms with E-state index in [4.69, 9.17) is 33.7 Å². The number of benzene rings is 2. The molecule has 2 aromatic carbocycles. The molecule has 178 valence electrons. The molecule has 2 amide bonds. The van der Waals surface area contributed by atoms with Crippen molar-refractivity contribution < 1.29 is 23.1 Å². The minimum atomic E-state index is -1.70. The molecule has 0 atom stereocenters. The lowest BCUT2D eigenvalue weighted by Crippen LogP contribution is -2.30. The molecule has 6 nitrogen and oxygen atoms in total. The van der Waals surface area contributed by atoms with Gasteiger partial charge in [-0.3, -0.25) is 14.5 Å². The Bertz CT molecular complexity index is 1240. The largest absolute Gasteiger partial charge is 0.486 e. The number of primary amides is 1. The first-order chi connectivity index (χ1) is 15.9. The van der Waals surface area contributed by atoms with Crippen LogP contribution in [-0.4, -0.2) is 36.1 Å². The number of pyridine rings is 1. The van der Waals surface area contributed by atoms with Gasteiger partial charge >= 0.3 is 0 Å². The van der Waals surface area contributed by atoms with Gasteiger partial charge in [0.05, 0.1) is 10.6 Å². The van der Waals surface area contributed by atoms with Gasteiger partial charge in [-0.1, -0.05) is 29.3 Å². The van der Waals surface area contributed by atoms with Crippen molar-refractivity contribution in [2.75, 3.05) is 18.6 Å². The van der Waals surface area contributed by atoms with Crippen molar-refractivity contribution in [1.82, 2.24) is 4.98 Å². The van der Waals surface area contributed by atoms with Gasteiger partial charge in [0.2, 0.25) is 5.91 Å². The molecule has 0 aliphatic rings. The van der Waals surface area contributed by atoms with Gasteiger partial charge < -0.3 is 10.5 Å². The second-order valence-electron chi connectivity index (χ2n) is 8.07. The number of ether oxygens (including phenoxy) is 1. The molecule has 3 rings (SSSR count). The van der Waals surface area contributed by atoms with Crippen LogP contribution in [0, 0.1) is 5.82 Å². The number of amides is 2. The van der Waals surface area contributed by atoms with E-state index in [1.165, 1.54) is 63.5 Å². The summed E-state index contributed by atoms with van der Waals surface area (Å²) in [4.78, 5) is 30.0. The Kier molecular flexibility index (Phi) is 7.43. The van der Waals surface area contributed by atoms with Crippen LogP contribution in [0.1, 0.15) is 34.6 Å². The minimum absolute atomic E-state index is 0.000465. The Morgan fingerprint density at radius 2 is 1.85 bits per heavy atom. The van der Waals surface area contributed by atoms with Crippen LogP contribution in [0.25, 0.3) is 11.1 Å². The van der Waals surface area contributed by atoms with Gasteiger partial charge in [0.15, 0.2) is 11.6 Å². The molecular weight excluding hydrogens is 487 g/mol. The van der Waals surface area contributed by atoms with Gasteiger partial charge in [-0.05, 0) is 50.2 Å². The number of aromatic nitrogens is 1. The SMILES string of the molecule is CN(C(=O)c1c(F)cccc1Cl)c1ncc(-c2cc(C(N)=O)ccc2Cl)cc1OCC(C)(C)F. The third-order valence-electron chi connectivity index (χ3n) is 4.76. The van der Waals surface area contributed by atoms with Crippen LogP contribution in [0.15, 0.2) is 48.7 Å². The zero-order valence-electron chi connectivity index (χ0n) is 18.5. The van der Waals surface area contributed by atoms with E-state index in [1.54, 1.807) is 0 Å². The van der Waals surface area contributed by atoms with Crippen molar-refractivity contribution >= 4 is 40.8 Å². The summed E-state index contributed by atoms with van der Waals surface area (Å²) in [5, 5.41) is 0.231. The van der Waals surface area contributed by atoms with Crippen molar-refractivity contribution in [3.8, 4) is 16.9 Å². The number of anilines is 1. The van der Waals surface area contributed by atoms with Crippen LogP contribution < -0.4 is 15.4 Å². The lowest BCUT2D eigenvalue weighted by Gasteiger charge is -2.23. The lowest BCUT2D eigenvalue weighted by molar-refractivity contribution is 0.0981. The first-order valence-electron chi connectivity index (χ1n) is 10.0. The molecule has 0 bridgehead atoms. The zero-order chi connectivity index (χ0) is 25.2. The first-order valence-corrected chi connectivity index (χ1v) is 10.8. The molecule has 0 spiro atoms. The number of nitrogens with zero attached hydrogens (tertiary/aromatic N) is 2. The summed E-state index contributed by atoms with van der Waals surface area (Å²) in [7, 11) is 1.36. The number of alkyl halides is 1. The maximum Gasteiger partial charge on any atom is 0.263 e. The summed E-state index contributed by atoms with van der Waals surface area (Å²) in [6.45, 7) is 2.29. The van der Waals surface area contributed by atoms with E-state index in [0.29, 0.717) is 16.1 Å². The summed E-state index contributed by atoms with van der Waals surface area (Å²) in [6.07, 6.45) is 1.39. The van der Waals surface area contributed by atoms with E-state index >= 15 is 0 Å². The Labute approximate surface area is 205 Å². The van der Waals surface area contributed by atoms with Crippen molar-refractivity contribution in [2.45, 2.75) is 19.5 Å². The number of hydrogen-bond donors (Lipinski definition) is 1. The highest BCUT2D eigenvalue weighted by Crippen LogP contribution is 2.36. The normalized spacial score (nSPS) is 11.3. The molecule has 3 aromatic rings. The van der Waals surface area contributed by atoms with Crippen LogP contribution in [0.3, 0.4) is 0 Å². The molecule has 0 fully saturated rings. The highest BCUT2D eigenvalue weighted by Gasteiger charge is 2.26. The molecule has 10 heteroatoms. The van der Waals surface area contributed by atoms with Crippen molar-refractivity contribution in [1.29, 1.82) is 0 Å². The average molecular weight is 508 g/mol. The van der Waals surface area contributed by atoms with E-state index in [9.17, 15) is 18.4 Å². The number of carbonyl (C=O) groups is 2. The number of hydrogen-bond acceptors (Lipinski definition) is 4. The molecule has 0 aliphatic heterocycles. The van der Waals surface area contributed by atoms with E-state index in [1.807, 2.05) is 0 Å². The average Bonchev–Trinajstić information content (AvgIpc) is 2.76. The maximum absolute atomic E-state index is 14.3. The fourth-order valence-corrected chi connectivity index (χ4v) is 3.53. The monoisotopic (exact) mass is 507 g/mol. The maximum atomic E-state index is 14.3. The van der Waals surface area contributed by atoms with Gasteiger partial charge in [0, 0.05) is 35.0 Å². The fourth-order valence-electron chi connectivity index (χ4n) is 3.06. The molecule has 0 saturated heterocycles. The number of nitrogens with two attached hydrogens (primary N) is 1. The predicted octanol–water partition coefficient (Wildman–Crippen LogP) is 5.70. The van der Waals surface area contributed by atoms with Gasteiger partial charge in [-0.25, -0.2) is 13.8 Å². The minimum Gasteiger partial charge on any atom is -0.486 e. The quantitative estimate of drug-likeness (QED) is 0.444. The number of halogens is 4. The molecule has 34 heavy (non-hydrogen) atoms. The summed E-state index contributed by atoms with van der Waals surface area (Å²) >= 11 is 12.3. The number of rotatable bonds is 7. The molecule has 2 N–H and O–H groups in total. The van der Waals surface area contributed by atoms with Crippen LogP contribution in [0.5, 0.6) is 5.75 Å². The molecule has 1 aromatic heterocycles. The van der Waals surface area contributed by atoms with Crippen LogP contribution in [0.2, 0.25) is 10.0 Å². The topological polar surface area (TPSA) is 85.5 Å².